The van der Waals surface area contributed by atoms with Crippen LogP contribution in [-0.4, -0.2) is 15.0 Å². The van der Waals surface area contributed by atoms with Crippen molar-refractivity contribution in [2.75, 3.05) is 0 Å². The highest BCUT2D eigenvalue weighted by Gasteiger charge is 2.22. The molecule has 234 valence electrons. The zero-order valence-corrected chi connectivity index (χ0v) is 26.7. The smallest absolute Gasteiger partial charge is 0.164 e. The van der Waals surface area contributed by atoms with Gasteiger partial charge in [0.2, 0.25) is 0 Å². The second-order valence-electron chi connectivity index (χ2n) is 12.4. The van der Waals surface area contributed by atoms with Crippen LogP contribution >= 0.6 is 0 Å². The van der Waals surface area contributed by atoms with Crippen LogP contribution in [0.2, 0.25) is 0 Å². The van der Waals surface area contributed by atoms with Crippen molar-refractivity contribution < 1.29 is 8.83 Å². The lowest BCUT2D eigenvalue weighted by atomic mass is 9.95. The fourth-order valence-electron chi connectivity index (χ4n) is 6.93. The number of furan rings is 2. The van der Waals surface area contributed by atoms with E-state index < -0.39 is 0 Å². The van der Waals surface area contributed by atoms with Gasteiger partial charge in [0.05, 0.1) is 0 Å². The third-order valence-corrected chi connectivity index (χ3v) is 9.37. The zero-order chi connectivity index (χ0) is 33.0. The van der Waals surface area contributed by atoms with Gasteiger partial charge in [0.25, 0.3) is 0 Å². The minimum Gasteiger partial charge on any atom is -0.456 e. The van der Waals surface area contributed by atoms with Crippen LogP contribution in [0.5, 0.6) is 0 Å². The summed E-state index contributed by atoms with van der Waals surface area (Å²) in [6, 6.07) is 55.7. The number of benzene rings is 7. The molecule has 10 aromatic rings. The Bertz CT molecular complexity index is 2850. The maximum absolute atomic E-state index is 6.65. The Morgan fingerprint density at radius 1 is 0.320 bits per heavy atom. The van der Waals surface area contributed by atoms with Crippen LogP contribution in [0.25, 0.3) is 100 Å². The van der Waals surface area contributed by atoms with E-state index in [0.29, 0.717) is 17.5 Å². The molecule has 3 aromatic heterocycles. The van der Waals surface area contributed by atoms with Crippen molar-refractivity contribution >= 4 is 43.9 Å². The topological polar surface area (TPSA) is 65.0 Å². The van der Waals surface area contributed by atoms with Gasteiger partial charge in [-0.05, 0) is 53.1 Å². The molecule has 0 amide bonds. The molecule has 0 fully saturated rings. The van der Waals surface area contributed by atoms with Gasteiger partial charge in [-0.3, -0.25) is 0 Å². The van der Waals surface area contributed by atoms with Crippen LogP contribution in [-0.2, 0) is 0 Å². The van der Waals surface area contributed by atoms with Gasteiger partial charge in [0.15, 0.2) is 17.5 Å². The lowest BCUT2D eigenvalue weighted by Crippen LogP contribution is -2.01. The minimum atomic E-state index is 0.558. The Morgan fingerprint density at radius 2 is 0.800 bits per heavy atom. The van der Waals surface area contributed by atoms with Gasteiger partial charge < -0.3 is 8.83 Å². The molecule has 0 unspecified atom stereocenters. The van der Waals surface area contributed by atoms with E-state index in [-0.39, 0.29) is 0 Å². The fraction of sp³-hybridized carbons (Fsp3) is 0. The summed E-state index contributed by atoms with van der Waals surface area (Å²) in [6.07, 6.45) is 0. The van der Waals surface area contributed by atoms with Crippen molar-refractivity contribution in [1.29, 1.82) is 0 Å². The summed E-state index contributed by atoms with van der Waals surface area (Å²) in [5.41, 5.74) is 10.1. The molecule has 10 rings (SSSR count). The van der Waals surface area contributed by atoms with E-state index in [0.717, 1.165) is 82.8 Å². The molecule has 0 radical (unpaired) electrons. The van der Waals surface area contributed by atoms with E-state index in [1.54, 1.807) is 0 Å². The lowest BCUT2D eigenvalue weighted by Gasteiger charge is -2.13. The van der Waals surface area contributed by atoms with Gasteiger partial charge >= 0.3 is 0 Å². The number of para-hydroxylation sites is 2. The van der Waals surface area contributed by atoms with E-state index in [1.807, 2.05) is 72.8 Å². The van der Waals surface area contributed by atoms with Gasteiger partial charge in [-0.25, -0.2) is 15.0 Å². The predicted octanol–water partition coefficient (Wildman–Crippen LogP) is 12.0. The number of hydrogen-bond donors (Lipinski definition) is 0. The highest BCUT2D eigenvalue weighted by atomic mass is 16.3. The summed E-state index contributed by atoms with van der Waals surface area (Å²) in [7, 11) is 0. The molecular formula is C45H27N3O2. The molecule has 0 atom stereocenters. The van der Waals surface area contributed by atoms with E-state index >= 15 is 0 Å². The average Bonchev–Trinajstić information content (AvgIpc) is 3.76. The number of nitrogens with zero attached hydrogens (tertiary/aromatic N) is 3. The molecule has 0 saturated heterocycles. The number of rotatable bonds is 5. The first-order valence-electron chi connectivity index (χ1n) is 16.6. The van der Waals surface area contributed by atoms with Gasteiger partial charge in [-0.2, -0.15) is 0 Å². The van der Waals surface area contributed by atoms with E-state index in [9.17, 15) is 0 Å². The third kappa shape index (κ3) is 4.67. The molecule has 5 nitrogen and oxygen atoms in total. The van der Waals surface area contributed by atoms with Gasteiger partial charge in [-0.1, -0.05) is 127 Å². The van der Waals surface area contributed by atoms with Crippen molar-refractivity contribution in [3.05, 3.63) is 164 Å². The van der Waals surface area contributed by atoms with Crippen molar-refractivity contribution in [2.45, 2.75) is 0 Å². The molecule has 0 spiro atoms. The molecule has 50 heavy (non-hydrogen) atoms. The highest BCUT2D eigenvalue weighted by Crippen LogP contribution is 2.43. The van der Waals surface area contributed by atoms with Crippen molar-refractivity contribution in [3.8, 4) is 56.4 Å². The van der Waals surface area contributed by atoms with Crippen LogP contribution in [0.4, 0.5) is 0 Å². The molecule has 0 bridgehead atoms. The van der Waals surface area contributed by atoms with Crippen LogP contribution in [0.3, 0.4) is 0 Å². The first-order valence-corrected chi connectivity index (χ1v) is 16.6. The Morgan fingerprint density at radius 3 is 1.52 bits per heavy atom. The molecule has 5 heteroatoms. The SMILES string of the molecule is c1ccc(-c2ccc(-c3nc(-c4ccccc4)nc(-c4ccc5c(oc6ccccc65)c4-c4ccc5c(c4)oc4ccccc45)n3)cc2)cc1. The maximum Gasteiger partial charge on any atom is 0.164 e. The lowest BCUT2D eigenvalue weighted by molar-refractivity contribution is 0.668. The number of aromatic nitrogens is 3. The molecule has 0 N–H and O–H groups in total. The summed E-state index contributed by atoms with van der Waals surface area (Å²) < 4.78 is 13.0. The summed E-state index contributed by atoms with van der Waals surface area (Å²) in [6.45, 7) is 0. The van der Waals surface area contributed by atoms with Crippen molar-refractivity contribution in [1.82, 2.24) is 15.0 Å². The predicted molar refractivity (Wildman–Crippen MR) is 202 cm³/mol. The molecule has 3 heterocycles. The Labute approximate surface area is 287 Å². The normalized spacial score (nSPS) is 11.6. The highest BCUT2D eigenvalue weighted by molar-refractivity contribution is 6.13. The summed E-state index contributed by atoms with van der Waals surface area (Å²) in [5, 5.41) is 4.23. The summed E-state index contributed by atoms with van der Waals surface area (Å²) >= 11 is 0. The standard InChI is InChI=1S/C45H27N3O2/c1-3-11-28(12-4-1)29-19-21-31(22-20-29)44-46-43(30-13-5-2-6-14-30)47-45(48-44)37-26-25-36-34-16-8-10-18-39(34)50-42(36)41(37)32-23-24-35-33-15-7-9-17-38(33)49-40(35)27-32/h1-27H. The first kappa shape index (κ1) is 28.2. The Balaban J connectivity index is 1.22. The van der Waals surface area contributed by atoms with Crippen LogP contribution < -0.4 is 0 Å². The Hall–Kier alpha value is -6.85. The third-order valence-electron chi connectivity index (χ3n) is 9.37. The Kier molecular flexibility index (Phi) is 6.42. The van der Waals surface area contributed by atoms with Crippen LogP contribution in [0, 0.1) is 0 Å². The van der Waals surface area contributed by atoms with Gasteiger partial charge in [0.1, 0.15) is 22.3 Å². The minimum absolute atomic E-state index is 0.558. The number of hydrogen-bond acceptors (Lipinski definition) is 5. The molecule has 0 aliphatic heterocycles. The largest absolute Gasteiger partial charge is 0.456 e. The van der Waals surface area contributed by atoms with Crippen LogP contribution in [0.15, 0.2) is 173 Å². The average molecular weight is 642 g/mol. The molecule has 0 saturated carbocycles. The molecular weight excluding hydrogens is 615 g/mol. The molecule has 0 aliphatic carbocycles. The number of fused-ring (bicyclic) bond motifs is 6. The van der Waals surface area contributed by atoms with E-state index in [1.165, 1.54) is 0 Å². The summed E-state index contributed by atoms with van der Waals surface area (Å²) in [5.74, 6) is 1.75. The maximum atomic E-state index is 6.65. The quantitative estimate of drug-likeness (QED) is 0.187. The van der Waals surface area contributed by atoms with Gasteiger partial charge in [0, 0.05) is 43.8 Å². The fourth-order valence-corrected chi connectivity index (χ4v) is 6.93. The van der Waals surface area contributed by atoms with Crippen LogP contribution in [0.1, 0.15) is 0 Å². The van der Waals surface area contributed by atoms with Crippen molar-refractivity contribution in [2.24, 2.45) is 0 Å². The molecule has 0 aliphatic rings. The second kappa shape index (κ2) is 11.4. The van der Waals surface area contributed by atoms with E-state index in [4.69, 9.17) is 23.8 Å². The van der Waals surface area contributed by atoms with Crippen molar-refractivity contribution in [3.63, 3.8) is 0 Å². The monoisotopic (exact) mass is 641 g/mol. The second-order valence-corrected chi connectivity index (χ2v) is 12.4. The van der Waals surface area contributed by atoms with E-state index in [2.05, 4.69) is 91.0 Å². The first-order chi connectivity index (χ1) is 24.8. The molecule has 7 aromatic carbocycles. The zero-order valence-electron chi connectivity index (χ0n) is 26.7. The summed E-state index contributed by atoms with van der Waals surface area (Å²) in [4.78, 5) is 15.3. The van der Waals surface area contributed by atoms with Gasteiger partial charge in [-0.15, -0.1) is 0 Å².